The van der Waals surface area contributed by atoms with Crippen LogP contribution in [0.4, 0.5) is 4.39 Å². The molecule has 15 heavy (non-hydrogen) atoms. The van der Waals surface area contributed by atoms with Gasteiger partial charge in [0.1, 0.15) is 5.82 Å². The average Bonchev–Trinajstić information content (AvgIpc) is 2.17. The Kier molecular flexibility index (Phi) is 2.64. The van der Waals surface area contributed by atoms with Gasteiger partial charge in [-0.25, -0.2) is 4.39 Å². The van der Waals surface area contributed by atoms with Gasteiger partial charge in [0.2, 0.25) is 0 Å². The van der Waals surface area contributed by atoms with Crippen LogP contribution in [0, 0.1) is 12.7 Å². The normalized spacial score (nSPS) is 10.3. The van der Waals surface area contributed by atoms with Crippen LogP contribution in [-0.2, 0) is 0 Å². The fourth-order valence-electron chi connectivity index (χ4n) is 1.37. The molecule has 0 aliphatic carbocycles. The number of aromatic nitrogens is 2. The molecule has 0 spiro atoms. The maximum Gasteiger partial charge on any atom is 0.152 e. The maximum atomic E-state index is 13.0. The summed E-state index contributed by atoms with van der Waals surface area (Å²) in [7, 11) is 0. The number of aryl methyl sites for hydroxylation is 1. The minimum atomic E-state index is -0.288. The van der Waals surface area contributed by atoms with Crippen molar-refractivity contribution in [1.29, 1.82) is 0 Å². The van der Waals surface area contributed by atoms with Crippen LogP contribution in [0.5, 0.6) is 0 Å². The summed E-state index contributed by atoms with van der Waals surface area (Å²) in [5, 5.41) is 8.02. The summed E-state index contributed by atoms with van der Waals surface area (Å²) in [6, 6.07) is 7.94. The molecule has 2 aromatic rings. The van der Waals surface area contributed by atoms with Gasteiger partial charge in [0.05, 0.1) is 5.69 Å². The van der Waals surface area contributed by atoms with Crippen LogP contribution in [-0.4, -0.2) is 10.2 Å². The molecule has 76 valence electrons. The highest BCUT2D eigenvalue weighted by Gasteiger charge is 2.05. The van der Waals surface area contributed by atoms with E-state index >= 15 is 0 Å². The Balaban J connectivity index is 2.54. The van der Waals surface area contributed by atoms with Crippen LogP contribution in [0.3, 0.4) is 0 Å². The molecule has 2 rings (SSSR count). The molecular weight excluding hydrogens is 215 g/mol. The zero-order valence-corrected chi connectivity index (χ0v) is 8.79. The van der Waals surface area contributed by atoms with Crippen LogP contribution >= 0.6 is 11.6 Å². The molecule has 0 N–H and O–H groups in total. The molecule has 0 saturated carbocycles. The highest BCUT2D eigenvalue weighted by molar-refractivity contribution is 6.29. The van der Waals surface area contributed by atoms with Gasteiger partial charge in [0, 0.05) is 5.56 Å². The van der Waals surface area contributed by atoms with Crippen molar-refractivity contribution in [2.45, 2.75) is 6.92 Å². The standard InChI is InChI=1S/C11H8ClFN2/c1-7-5-10(12)14-15-11(7)8-3-2-4-9(13)6-8/h2-6H,1H3. The maximum absolute atomic E-state index is 13.0. The van der Waals surface area contributed by atoms with Gasteiger partial charge in [-0.05, 0) is 30.7 Å². The Labute approximate surface area is 91.7 Å². The molecule has 1 heterocycles. The third-order valence-corrected chi connectivity index (χ3v) is 2.24. The summed E-state index contributed by atoms with van der Waals surface area (Å²) in [5.74, 6) is -0.288. The first-order valence-electron chi connectivity index (χ1n) is 4.42. The Hall–Kier alpha value is -1.48. The first-order chi connectivity index (χ1) is 7.16. The van der Waals surface area contributed by atoms with Crippen molar-refractivity contribution in [3.05, 3.63) is 46.9 Å². The van der Waals surface area contributed by atoms with E-state index in [0.29, 0.717) is 16.4 Å². The topological polar surface area (TPSA) is 25.8 Å². The van der Waals surface area contributed by atoms with Gasteiger partial charge in [-0.15, -0.1) is 10.2 Å². The molecule has 0 saturated heterocycles. The Morgan fingerprint density at radius 1 is 1.20 bits per heavy atom. The summed E-state index contributed by atoms with van der Waals surface area (Å²) in [6.45, 7) is 1.86. The van der Waals surface area contributed by atoms with Crippen molar-refractivity contribution in [1.82, 2.24) is 10.2 Å². The van der Waals surface area contributed by atoms with Crippen LogP contribution in [0.15, 0.2) is 30.3 Å². The summed E-state index contributed by atoms with van der Waals surface area (Å²) >= 11 is 5.69. The van der Waals surface area contributed by atoms with E-state index in [2.05, 4.69) is 10.2 Å². The van der Waals surface area contributed by atoms with Crippen molar-refractivity contribution >= 4 is 11.6 Å². The summed E-state index contributed by atoms with van der Waals surface area (Å²) < 4.78 is 13.0. The Morgan fingerprint density at radius 2 is 2.00 bits per heavy atom. The summed E-state index contributed by atoms with van der Waals surface area (Å²) in [6.07, 6.45) is 0. The quantitative estimate of drug-likeness (QED) is 0.740. The average molecular weight is 223 g/mol. The molecule has 0 aliphatic heterocycles. The van der Waals surface area contributed by atoms with Gasteiger partial charge >= 0.3 is 0 Å². The lowest BCUT2D eigenvalue weighted by atomic mass is 10.1. The molecule has 0 fully saturated rings. The zero-order valence-electron chi connectivity index (χ0n) is 8.04. The van der Waals surface area contributed by atoms with Gasteiger partial charge in [0.25, 0.3) is 0 Å². The molecule has 0 amide bonds. The monoisotopic (exact) mass is 222 g/mol. The molecule has 1 aromatic heterocycles. The van der Waals surface area contributed by atoms with Crippen molar-refractivity contribution in [3.63, 3.8) is 0 Å². The van der Waals surface area contributed by atoms with Gasteiger partial charge in [-0.1, -0.05) is 23.7 Å². The SMILES string of the molecule is Cc1cc(Cl)nnc1-c1cccc(F)c1. The minimum Gasteiger partial charge on any atom is -0.207 e. The molecule has 1 aromatic carbocycles. The molecule has 4 heteroatoms. The van der Waals surface area contributed by atoms with Crippen molar-refractivity contribution in [2.75, 3.05) is 0 Å². The third kappa shape index (κ3) is 2.13. The smallest absolute Gasteiger partial charge is 0.152 e. The van der Waals surface area contributed by atoms with Gasteiger partial charge in [-0.3, -0.25) is 0 Å². The molecular formula is C11H8ClFN2. The fourth-order valence-corrected chi connectivity index (χ4v) is 1.58. The van der Waals surface area contributed by atoms with E-state index in [-0.39, 0.29) is 5.82 Å². The first-order valence-corrected chi connectivity index (χ1v) is 4.80. The Bertz CT molecular complexity index is 500. The number of halogens is 2. The number of hydrogen-bond acceptors (Lipinski definition) is 2. The van der Waals surface area contributed by atoms with Crippen LogP contribution in [0.25, 0.3) is 11.3 Å². The molecule has 0 aliphatic rings. The lowest BCUT2D eigenvalue weighted by molar-refractivity contribution is 0.628. The zero-order chi connectivity index (χ0) is 10.8. The summed E-state index contributed by atoms with van der Waals surface area (Å²) in [4.78, 5) is 0. The van der Waals surface area contributed by atoms with E-state index in [9.17, 15) is 4.39 Å². The third-order valence-electron chi connectivity index (χ3n) is 2.05. The van der Waals surface area contributed by atoms with Crippen LogP contribution in [0.2, 0.25) is 5.15 Å². The number of nitrogens with zero attached hydrogens (tertiary/aromatic N) is 2. The highest BCUT2D eigenvalue weighted by Crippen LogP contribution is 2.22. The lowest BCUT2D eigenvalue weighted by Gasteiger charge is -2.03. The van der Waals surface area contributed by atoms with E-state index < -0.39 is 0 Å². The van der Waals surface area contributed by atoms with E-state index in [1.54, 1.807) is 18.2 Å². The largest absolute Gasteiger partial charge is 0.207 e. The van der Waals surface area contributed by atoms with Crippen molar-refractivity contribution in [2.24, 2.45) is 0 Å². The lowest BCUT2D eigenvalue weighted by Crippen LogP contribution is -1.92. The van der Waals surface area contributed by atoms with Crippen LogP contribution in [0.1, 0.15) is 5.56 Å². The number of rotatable bonds is 1. The molecule has 0 radical (unpaired) electrons. The second-order valence-corrected chi connectivity index (χ2v) is 3.60. The predicted octanol–water partition coefficient (Wildman–Crippen LogP) is 3.24. The van der Waals surface area contributed by atoms with Gasteiger partial charge in [-0.2, -0.15) is 0 Å². The van der Waals surface area contributed by atoms with E-state index in [1.807, 2.05) is 6.92 Å². The predicted molar refractivity (Wildman–Crippen MR) is 57.2 cm³/mol. The summed E-state index contributed by atoms with van der Waals surface area (Å²) in [5.41, 5.74) is 2.23. The second-order valence-electron chi connectivity index (χ2n) is 3.21. The fraction of sp³-hybridized carbons (Fsp3) is 0.0909. The second kappa shape index (κ2) is 3.95. The number of hydrogen-bond donors (Lipinski definition) is 0. The van der Waals surface area contributed by atoms with Gasteiger partial charge in [0.15, 0.2) is 5.15 Å². The van der Waals surface area contributed by atoms with E-state index in [1.165, 1.54) is 12.1 Å². The number of benzene rings is 1. The van der Waals surface area contributed by atoms with Crippen molar-refractivity contribution < 1.29 is 4.39 Å². The van der Waals surface area contributed by atoms with E-state index in [4.69, 9.17) is 11.6 Å². The Morgan fingerprint density at radius 3 is 2.67 bits per heavy atom. The minimum absolute atomic E-state index is 0.288. The van der Waals surface area contributed by atoms with Gasteiger partial charge < -0.3 is 0 Å². The molecule has 0 atom stereocenters. The molecule has 0 bridgehead atoms. The highest BCUT2D eigenvalue weighted by atomic mass is 35.5. The first kappa shape index (κ1) is 10.1. The van der Waals surface area contributed by atoms with Crippen LogP contribution < -0.4 is 0 Å². The molecule has 0 unspecified atom stereocenters. The molecule has 2 nitrogen and oxygen atoms in total. The van der Waals surface area contributed by atoms with E-state index in [0.717, 1.165) is 5.56 Å². The van der Waals surface area contributed by atoms with Crippen molar-refractivity contribution in [3.8, 4) is 11.3 Å².